The molecule has 2 bridgehead atoms. The minimum absolute atomic E-state index is 0.161. The smallest absolute Gasteiger partial charge is 0.410 e. The van der Waals surface area contributed by atoms with Crippen LogP contribution in [0.3, 0.4) is 0 Å². The number of nitrogens with zero attached hydrogens (tertiary/aromatic N) is 3. The molecule has 0 spiro atoms. The minimum Gasteiger partial charge on any atom is -0.445 e. The van der Waals surface area contributed by atoms with E-state index in [1.165, 1.54) is 62.0 Å². The Morgan fingerprint density at radius 3 is 2.44 bits per heavy atom. The number of carbonyl (C=O) groups excluding carboxylic acids is 1. The number of piperidine rings is 1. The van der Waals surface area contributed by atoms with E-state index >= 15 is 0 Å². The predicted molar refractivity (Wildman–Crippen MR) is 135 cm³/mol. The third-order valence-corrected chi connectivity index (χ3v) is 8.68. The van der Waals surface area contributed by atoms with Crippen LogP contribution in [0, 0.1) is 0 Å². The van der Waals surface area contributed by atoms with Gasteiger partial charge in [0.25, 0.3) is 0 Å². The van der Waals surface area contributed by atoms with Crippen molar-refractivity contribution in [2.24, 2.45) is 0 Å². The van der Waals surface area contributed by atoms with E-state index in [0.717, 1.165) is 44.1 Å². The lowest BCUT2D eigenvalue weighted by atomic mass is 9.93. The highest BCUT2D eigenvalue weighted by Gasteiger charge is 2.41. The van der Waals surface area contributed by atoms with Gasteiger partial charge in [0.1, 0.15) is 6.61 Å². The van der Waals surface area contributed by atoms with Gasteiger partial charge in [-0.3, -0.25) is 4.90 Å². The van der Waals surface area contributed by atoms with Gasteiger partial charge in [0.15, 0.2) is 0 Å². The van der Waals surface area contributed by atoms with Gasteiger partial charge >= 0.3 is 6.09 Å². The topological polar surface area (TPSA) is 36.0 Å². The molecule has 4 aliphatic rings. The second-order valence-electron chi connectivity index (χ2n) is 10.6. The SMILES string of the molecule is O=C(OCc1ccccc1)N1CC[C@@H]2C[C@@H]1c1ccc(N3CCN(C4CCCCC4)CC3)cc12. The van der Waals surface area contributed by atoms with Gasteiger partial charge in [-0.25, -0.2) is 4.79 Å². The number of rotatable bonds is 4. The van der Waals surface area contributed by atoms with Crippen molar-refractivity contribution in [3.63, 3.8) is 0 Å². The van der Waals surface area contributed by atoms with Gasteiger partial charge < -0.3 is 14.5 Å². The summed E-state index contributed by atoms with van der Waals surface area (Å²) in [6.45, 7) is 5.75. The van der Waals surface area contributed by atoms with Crippen LogP contribution in [0.15, 0.2) is 48.5 Å². The van der Waals surface area contributed by atoms with Crippen molar-refractivity contribution >= 4 is 11.8 Å². The van der Waals surface area contributed by atoms with E-state index in [2.05, 4.69) is 28.0 Å². The molecular weight excluding hydrogens is 422 g/mol. The third-order valence-electron chi connectivity index (χ3n) is 8.68. The summed E-state index contributed by atoms with van der Waals surface area (Å²) in [4.78, 5) is 20.2. The predicted octanol–water partition coefficient (Wildman–Crippen LogP) is 5.71. The molecule has 0 radical (unpaired) electrons. The maximum atomic E-state index is 12.9. The normalized spacial score (nSPS) is 25.3. The molecule has 1 amide bonds. The van der Waals surface area contributed by atoms with Crippen molar-refractivity contribution in [2.45, 2.75) is 69.6 Å². The Bertz CT molecular complexity index is 996. The first-order valence-corrected chi connectivity index (χ1v) is 13.4. The van der Waals surface area contributed by atoms with Crippen LogP contribution >= 0.6 is 0 Å². The first-order valence-electron chi connectivity index (χ1n) is 13.4. The van der Waals surface area contributed by atoms with E-state index < -0.39 is 0 Å². The number of hydrogen-bond donors (Lipinski definition) is 0. The summed E-state index contributed by atoms with van der Waals surface area (Å²) >= 11 is 0. The number of fused-ring (bicyclic) bond motifs is 5. The molecule has 1 saturated carbocycles. The average Bonchev–Trinajstić information content (AvgIpc) is 3.19. The van der Waals surface area contributed by atoms with Crippen LogP contribution in [-0.4, -0.2) is 54.7 Å². The number of ether oxygens (including phenoxy) is 1. The van der Waals surface area contributed by atoms with Crippen LogP contribution in [-0.2, 0) is 11.3 Å². The van der Waals surface area contributed by atoms with Gasteiger partial charge in [-0.2, -0.15) is 0 Å². The molecule has 180 valence electrons. The molecule has 0 N–H and O–H groups in total. The molecule has 2 atom stereocenters. The van der Waals surface area contributed by atoms with Gasteiger partial charge in [0, 0.05) is 44.5 Å². The minimum atomic E-state index is -0.178. The zero-order valence-electron chi connectivity index (χ0n) is 20.2. The van der Waals surface area contributed by atoms with Gasteiger partial charge in [0.2, 0.25) is 0 Å². The fourth-order valence-electron chi connectivity index (χ4n) is 6.77. The van der Waals surface area contributed by atoms with E-state index in [-0.39, 0.29) is 12.1 Å². The Kier molecular flexibility index (Phi) is 6.21. The van der Waals surface area contributed by atoms with Crippen molar-refractivity contribution in [2.75, 3.05) is 37.6 Å². The lowest BCUT2D eigenvalue weighted by Crippen LogP contribution is -2.50. The average molecular weight is 460 g/mol. The van der Waals surface area contributed by atoms with Crippen molar-refractivity contribution in [1.82, 2.24) is 9.80 Å². The van der Waals surface area contributed by atoms with Crippen molar-refractivity contribution in [3.8, 4) is 0 Å². The molecule has 2 aromatic carbocycles. The van der Waals surface area contributed by atoms with Crippen LogP contribution in [0.4, 0.5) is 10.5 Å². The highest BCUT2D eigenvalue weighted by Crippen LogP contribution is 2.50. The highest BCUT2D eigenvalue weighted by atomic mass is 16.6. The van der Waals surface area contributed by atoms with E-state index in [9.17, 15) is 4.79 Å². The molecule has 34 heavy (non-hydrogen) atoms. The Balaban J connectivity index is 1.10. The summed E-state index contributed by atoms with van der Waals surface area (Å²) in [6, 6.07) is 18.0. The molecule has 2 aliphatic carbocycles. The van der Waals surface area contributed by atoms with Crippen LogP contribution in [0.2, 0.25) is 0 Å². The maximum absolute atomic E-state index is 12.9. The number of amides is 1. The summed E-state index contributed by atoms with van der Waals surface area (Å²) in [7, 11) is 0. The fraction of sp³-hybridized carbons (Fsp3) is 0.552. The number of piperazine rings is 1. The Hall–Kier alpha value is -2.53. The molecule has 3 fully saturated rings. The van der Waals surface area contributed by atoms with Crippen LogP contribution in [0.25, 0.3) is 0 Å². The number of hydrogen-bond acceptors (Lipinski definition) is 4. The second-order valence-corrected chi connectivity index (χ2v) is 10.6. The Morgan fingerprint density at radius 2 is 1.65 bits per heavy atom. The monoisotopic (exact) mass is 459 g/mol. The van der Waals surface area contributed by atoms with Crippen molar-refractivity contribution in [1.29, 1.82) is 0 Å². The molecule has 2 saturated heterocycles. The summed E-state index contributed by atoms with van der Waals surface area (Å²) < 4.78 is 5.69. The molecule has 5 heteroatoms. The third kappa shape index (κ3) is 4.31. The number of likely N-dealkylation sites (tertiary alicyclic amines) is 1. The van der Waals surface area contributed by atoms with Gasteiger partial charge in [-0.15, -0.1) is 0 Å². The Labute approximate surface area is 203 Å². The molecule has 2 aliphatic heterocycles. The van der Waals surface area contributed by atoms with E-state index in [0.29, 0.717) is 12.5 Å². The standard InChI is InChI=1S/C29H37N3O2/c33-29(34-21-22-7-3-1-4-8-22)32-14-13-23-19-28(32)26-12-11-25(20-27(23)26)31-17-15-30(16-18-31)24-9-5-2-6-10-24/h1,3-4,7-8,11-12,20,23-24,28H,2,5-6,9-10,13-19,21H2/t23-,28-/m1/s1. The highest BCUT2D eigenvalue weighted by molar-refractivity contribution is 5.70. The zero-order chi connectivity index (χ0) is 22.9. The van der Waals surface area contributed by atoms with Gasteiger partial charge in [-0.1, -0.05) is 55.7 Å². The van der Waals surface area contributed by atoms with E-state index in [1.54, 1.807) is 0 Å². The van der Waals surface area contributed by atoms with Crippen LogP contribution in [0.1, 0.15) is 73.6 Å². The fourth-order valence-corrected chi connectivity index (χ4v) is 6.77. The number of carbonyl (C=O) groups is 1. The summed E-state index contributed by atoms with van der Waals surface area (Å²) in [5.74, 6) is 0.571. The van der Waals surface area contributed by atoms with Crippen molar-refractivity contribution in [3.05, 3.63) is 65.2 Å². The largest absolute Gasteiger partial charge is 0.445 e. The van der Waals surface area contributed by atoms with E-state index in [1.807, 2.05) is 35.2 Å². The summed E-state index contributed by atoms with van der Waals surface area (Å²) in [5.41, 5.74) is 5.21. The summed E-state index contributed by atoms with van der Waals surface area (Å²) in [5, 5.41) is 0. The zero-order valence-corrected chi connectivity index (χ0v) is 20.2. The van der Waals surface area contributed by atoms with Crippen LogP contribution < -0.4 is 4.90 Å². The quantitative estimate of drug-likeness (QED) is 0.587. The molecule has 2 heterocycles. The molecule has 6 rings (SSSR count). The van der Waals surface area contributed by atoms with Crippen molar-refractivity contribution < 1.29 is 9.53 Å². The lowest BCUT2D eigenvalue weighted by molar-refractivity contribution is 0.0694. The number of benzene rings is 2. The van der Waals surface area contributed by atoms with E-state index in [4.69, 9.17) is 4.74 Å². The number of anilines is 1. The molecular formula is C29H37N3O2. The Morgan fingerprint density at radius 1 is 0.853 bits per heavy atom. The first kappa shape index (κ1) is 22.0. The molecule has 0 unspecified atom stereocenters. The maximum Gasteiger partial charge on any atom is 0.410 e. The lowest BCUT2D eigenvalue weighted by Gasteiger charge is -2.41. The summed E-state index contributed by atoms with van der Waals surface area (Å²) in [6.07, 6.45) is 8.93. The first-order chi connectivity index (χ1) is 16.8. The molecule has 2 aromatic rings. The molecule has 5 nitrogen and oxygen atoms in total. The second kappa shape index (κ2) is 9.61. The van der Waals surface area contributed by atoms with Crippen LogP contribution in [0.5, 0.6) is 0 Å². The van der Waals surface area contributed by atoms with Gasteiger partial charge in [-0.05, 0) is 60.4 Å². The molecule has 0 aromatic heterocycles. The van der Waals surface area contributed by atoms with Gasteiger partial charge in [0.05, 0.1) is 6.04 Å².